The summed E-state index contributed by atoms with van der Waals surface area (Å²) in [5.74, 6) is -1.75. The molecule has 10 aliphatic carbocycles. The second kappa shape index (κ2) is 38.6. The van der Waals surface area contributed by atoms with Crippen molar-refractivity contribution in [1.82, 2.24) is 27.7 Å². The van der Waals surface area contributed by atoms with Crippen molar-refractivity contribution in [2.24, 2.45) is 68.0 Å². The molecule has 766 valence electrons. The number of pyridine rings is 5. The topological polar surface area (TPSA) is 304 Å². The highest BCUT2D eigenvalue weighted by Gasteiger charge is 2.50. The fourth-order valence-electron chi connectivity index (χ4n) is 25.2. The van der Waals surface area contributed by atoms with E-state index in [9.17, 15) is 61.5 Å². The van der Waals surface area contributed by atoms with Crippen LogP contribution in [0.5, 0.6) is 0 Å². The number of carboxylic acids is 1. The van der Waals surface area contributed by atoms with Gasteiger partial charge in [-0.05, 0) is 313 Å². The van der Waals surface area contributed by atoms with Crippen molar-refractivity contribution in [1.29, 1.82) is 0 Å². The molecule has 11 fully saturated rings. The van der Waals surface area contributed by atoms with Gasteiger partial charge in [0, 0.05) is 273 Å². The lowest BCUT2D eigenvalue weighted by atomic mass is 9.91. The molecule has 2 amide bonds. The Hall–Kier alpha value is -14.0. The van der Waals surface area contributed by atoms with Crippen molar-refractivity contribution in [2.75, 3.05) is 122 Å². The first kappa shape index (κ1) is 98.7. The minimum Gasteiger partial charge on any atom is -0.478 e. The molecule has 6 aliphatic heterocycles. The minimum absolute atomic E-state index is 0.0122. The second-order valence-electron chi connectivity index (χ2n) is 45.0. The van der Waals surface area contributed by atoms with Crippen LogP contribution in [0.2, 0.25) is 0 Å². The summed E-state index contributed by atoms with van der Waals surface area (Å²) in [6, 6.07) is 28.9. The van der Waals surface area contributed by atoms with E-state index in [1.807, 2.05) is 159 Å². The van der Waals surface area contributed by atoms with E-state index in [1.165, 1.54) is 141 Å². The van der Waals surface area contributed by atoms with Crippen LogP contribution in [0, 0.1) is 27.1 Å². The molecule has 0 radical (unpaired) electrons. The Balaban J connectivity index is 0.000000105. The predicted octanol–water partition coefficient (Wildman–Crippen LogP) is 17.7. The van der Waals surface area contributed by atoms with Crippen LogP contribution in [-0.4, -0.2) is 168 Å². The molecule has 11 heterocycles. The molecule has 27 heteroatoms. The highest BCUT2D eigenvalue weighted by atomic mass is 32.2. The molecule has 148 heavy (non-hydrogen) atoms. The number of carboxylic acid groups (broad SMARTS) is 1. The first-order valence-corrected chi connectivity index (χ1v) is 55.1. The van der Waals surface area contributed by atoms with Crippen molar-refractivity contribution in [3.8, 4) is 55.6 Å². The number of Topliss-reactive ketones (excluding diaryl/α,β-unsaturated/α-hetero) is 1. The highest BCUT2D eigenvalue weighted by molar-refractivity contribution is 7.91. The zero-order chi connectivity index (χ0) is 103. The number of fused-ring (bicyclic) bond motifs is 5. The molecule has 10 aromatic rings. The maximum Gasteiger partial charge on any atom is 0.337 e. The van der Waals surface area contributed by atoms with Crippen LogP contribution in [0.3, 0.4) is 0 Å². The number of carbonyl (C=O) groups is 5. The number of sulfone groups is 1. The number of aromatic nitrogens is 5. The number of hydrogen-bond donors (Lipinski definition) is 2. The van der Waals surface area contributed by atoms with E-state index in [2.05, 4.69) is 42.7 Å². The van der Waals surface area contributed by atoms with Gasteiger partial charge >= 0.3 is 11.9 Å². The summed E-state index contributed by atoms with van der Waals surface area (Å²) in [4.78, 5) is 138. The zero-order valence-corrected chi connectivity index (χ0v) is 86.9. The number of nitrogens with zero attached hydrogens (tertiary/aromatic N) is 11. The van der Waals surface area contributed by atoms with E-state index in [-0.39, 0.29) is 75.6 Å². The molecule has 5 aromatic carbocycles. The number of esters is 1. The minimum atomic E-state index is -3.06. The number of anilines is 5. The lowest BCUT2D eigenvalue weighted by Crippen LogP contribution is -2.43. The zero-order valence-electron chi connectivity index (χ0n) is 86.1. The number of primary amides is 1. The van der Waals surface area contributed by atoms with E-state index >= 15 is 0 Å². The first-order valence-electron chi connectivity index (χ1n) is 53.2. The van der Waals surface area contributed by atoms with Crippen molar-refractivity contribution in [3.05, 3.63) is 288 Å². The number of ether oxygens (including phenoxy) is 1. The number of aromatic carboxylic acids is 1. The fourth-order valence-corrected chi connectivity index (χ4v) is 26.4. The molecule has 5 saturated carbocycles. The molecule has 5 aromatic heterocycles. The quantitative estimate of drug-likeness (QED) is 0.0711. The van der Waals surface area contributed by atoms with Gasteiger partial charge in [-0.1, -0.05) is 60.8 Å². The summed E-state index contributed by atoms with van der Waals surface area (Å²) < 4.78 is 36.9. The molecule has 26 rings (SSSR count). The van der Waals surface area contributed by atoms with Gasteiger partial charge in [0.15, 0.2) is 15.6 Å². The molecule has 0 unspecified atom stereocenters. The number of rotatable bonds is 15. The Morgan fingerprint density at radius 2 is 0.541 bits per heavy atom. The summed E-state index contributed by atoms with van der Waals surface area (Å²) in [7, 11) is 7.30. The maximum atomic E-state index is 13.4. The first-order chi connectivity index (χ1) is 71.2. The lowest BCUT2D eigenvalue weighted by Gasteiger charge is -2.35. The fraction of sp³-hybridized carbons (Fsp3) is 0.421. The Labute approximate surface area is 863 Å². The van der Waals surface area contributed by atoms with Gasteiger partial charge in [-0.25, -0.2) is 18.0 Å². The van der Waals surface area contributed by atoms with E-state index in [1.54, 1.807) is 75.0 Å². The van der Waals surface area contributed by atoms with Gasteiger partial charge in [-0.15, -0.1) is 0 Å². The molecular formula is C121H132N12O14S. The third-order valence-corrected chi connectivity index (χ3v) is 37.5. The summed E-state index contributed by atoms with van der Waals surface area (Å²) in [5, 5.41) is 9.54. The van der Waals surface area contributed by atoms with E-state index in [0.717, 1.165) is 205 Å². The Morgan fingerprint density at radius 1 is 0.311 bits per heavy atom. The lowest BCUT2D eigenvalue weighted by molar-refractivity contribution is 0.0599. The van der Waals surface area contributed by atoms with Crippen LogP contribution in [0.15, 0.2) is 176 Å². The Bertz CT molecular complexity index is 7370. The van der Waals surface area contributed by atoms with Gasteiger partial charge in [-0.3, -0.25) is 38.4 Å². The SMILES string of the molecule is CC(=O)c1ccc(N2CCC3(CC2)CC3)c(-c2cn(C)c(=O)c3c2C=CC3)c1.COC(=O)c1ccc(N2CCC3(CC2)CC3)c(-c2cn(C)c(=O)c3c2C=CC3)c1.Cn1cc(-c2cc(C(=O)N3CCS(=O)(=O)CC3)ccc2N2CCC3(CC2)CC3)c2c(c1=O)CC=C2.Cn1cc(-c2cc(C(=O)O)ccc2N2CCC3(CC2)CC3)c2c(c1=O)CC=C2.Cn1cc(-c2cc(C(N)=O)ccc2N2CCC3(CC2)CC3)c2c(c1=O)CC=C2. The van der Waals surface area contributed by atoms with Crippen molar-refractivity contribution < 1.29 is 42.2 Å². The maximum absolute atomic E-state index is 13.4. The molecule has 26 nitrogen and oxygen atoms in total. The van der Waals surface area contributed by atoms with Crippen LogP contribution >= 0.6 is 0 Å². The van der Waals surface area contributed by atoms with Gasteiger partial charge in [0.2, 0.25) is 5.91 Å². The van der Waals surface area contributed by atoms with E-state index in [4.69, 9.17) is 10.5 Å². The van der Waals surface area contributed by atoms with Crippen molar-refractivity contribution >= 4 is 98.2 Å². The summed E-state index contributed by atoms with van der Waals surface area (Å²) >= 11 is 0. The molecule has 0 bridgehead atoms. The number of carbonyl (C=O) groups excluding carboxylic acids is 4. The molecular weight excluding hydrogens is 1880 g/mol. The number of piperidine rings is 5. The number of methoxy groups -OCH3 is 1. The molecule has 6 saturated heterocycles. The molecule has 5 spiro atoms. The number of allylic oxidation sites excluding steroid dienone is 5. The van der Waals surface area contributed by atoms with Gasteiger partial charge in [0.25, 0.3) is 33.7 Å². The number of aryl methyl sites for hydroxylation is 5. The molecule has 0 atom stereocenters. The standard InChI is InChI=1S/C27H31N3O4S.C24H26N2O3.C24H26N2O2.C23H25N3O2.C23H24N2O3/c1-28-18-23(20-3-2-4-21(20)26(28)32)22-17-19(25(31)30-13-15-35(33,34)16-14-30)5-6-24(22)29-11-9-27(7-8-27)10-12-29;1-25-15-20(17-4-3-5-18(17)22(25)27)19-14-16(23(28)29-2)6-7-21(19)26-12-10-24(8-9-24)11-13-26;1-16(27)17-6-7-22(26-12-10-24(8-9-24)11-13-26)20(14-17)21-15-25(2)23(28)19-5-3-4-18(19)21;1-25-14-19(16-3-2-4-17(16)22(25)28)18-13-15(21(24)27)5-6-20(18)26-11-9-23(7-8-23)10-12-26;1-24-14-19(16-3-2-4-17(16)21(24)26)18-13-15(22(27)28)5-6-20(18)25-11-9-23(7-8-23)10-12-25/h2-3,5-6,17-18H,4,7-16H2,1H3;3-4,6-7,14-15H,5,8-13H2,1-2H3;3-4,6-7,14-15H,5,8-13H2,1-2H3;2-3,5-6,13-14H,4,7-12H2,1H3,(H2,24,27);2-3,5-6,13-14H,4,7-12H2,1H3,(H,27,28). The number of hydrogen-bond acceptors (Lipinski definition) is 18. The van der Waals surface area contributed by atoms with E-state index in [0.29, 0.717) is 75.9 Å². The van der Waals surface area contributed by atoms with E-state index < -0.39 is 21.7 Å². The van der Waals surface area contributed by atoms with Crippen LogP contribution < -0.4 is 58.0 Å². The number of nitrogens with two attached hydrogens (primary N) is 1. The van der Waals surface area contributed by atoms with Crippen molar-refractivity contribution in [2.45, 2.75) is 167 Å². The molecule has 3 N–H and O–H groups in total. The second-order valence-corrected chi connectivity index (χ2v) is 47.3. The highest BCUT2D eigenvalue weighted by Crippen LogP contribution is 2.60. The Kier molecular flexibility index (Phi) is 25.8. The van der Waals surface area contributed by atoms with Gasteiger partial charge in [0.1, 0.15) is 0 Å². The molecule has 16 aliphatic rings. The van der Waals surface area contributed by atoms with Crippen LogP contribution in [-0.2, 0) is 81.9 Å². The summed E-state index contributed by atoms with van der Waals surface area (Å²) in [6.45, 7) is 12.3. The monoisotopic (exact) mass is 2010 g/mol. The average Bonchev–Trinajstić information content (AvgIpc) is 1.65. The smallest absolute Gasteiger partial charge is 0.337 e. The Morgan fingerprint density at radius 3 is 0.791 bits per heavy atom. The summed E-state index contributed by atoms with van der Waals surface area (Å²) in [5.41, 5.74) is 35.8. The van der Waals surface area contributed by atoms with Crippen molar-refractivity contribution in [3.63, 3.8) is 0 Å². The number of benzene rings is 5. The largest absolute Gasteiger partial charge is 0.478 e. The van der Waals surface area contributed by atoms with Gasteiger partial charge < -0.3 is 67.8 Å². The average molecular weight is 2010 g/mol. The van der Waals surface area contributed by atoms with Crippen LogP contribution in [0.4, 0.5) is 28.4 Å². The number of ketones is 1. The predicted molar refractivity (Wildman–Crippen MR) is 586 cm³/mol. The van der Waals surface area contributed by atoms with Crippen LogP contribution in [0.1, 0.15) is 243 Å². The summed E-state index contributed by atoms with van der Waals surface area (Å²) in [6.07, 6.45) is 58.9. The van der Waals surface area contributed by atoms with Gasteiger partial charge in [0.05, 0.1) is 29.7 Å². The van der Waals surface area contributed by atoms with Crippen LogP contribution in [0.25, 0.3) is 86.0 Å². The number of amides is 2. The third-order valence-electron chi connectivity index (χ3n) is 35.9. The normalized spacial score (nSPS) is 19.7. The van der Waals surface area contributed by atoms with Gasteiger partial charge in [-0.2, -0.15) is 0 Å². The third kappa shape index (κ3) is 19.2.